The molecule has 0 bridgehead atoms. The minimum absolute atomic E-state index is 0.192. The van der Waals surface area contributed by atoms with Crippen LogP contribution in [0, 0.1) is 18.3 Å². The number of aryl methyl sites for hydroxylation is 2. The summed E-state index contributed by atoms with van der Waals surface area (Å²) in [7, 11) is 1.97. The van der Waals surface area contributed by atoms with E-state index in [1.54, 1.807) is 16.9 Å². The third kappa shape index (κ3) is 2.70. The lowest BCUT2D eigenvalue weighted by molar-refractivity contribution is 0.747. The summed E-state index contributed by atoms with van der Waals surface area (Å²) in [5.74, 6) is 0.876. The number of fused-ring (bicyclic) bond motifs is 1. The van der Waals surface area contributed by atoms with E-state index in [0.29, 0.717) is 5.56 Å². The van der Waals surface area contributed by atoms with Crippen molar-refractivity contribution in [3.8, 4) is 6.07 Å². The molecule has 1 N–H and O–H groups in total. The maximum atomic E-state index is 9.57. The van der Waals surface area contributed by atoms with E-state index in [1.165, 1.54) is 5.56 Å². The Bertz CT molecular complexity index is 1110. The summed E-state index contributed by atoms with van der Waals surface area (Å²) >= 11 is 0. The molecule has 3 heterocycles. The predicted octanol–water partition coefficient (Wildman–Crippen LogP) is 3.45. The van der Waals surface area contributed by atoms with Gasteiger partial charge in [0.1, 0.15) is 17.9 Å². The normalized spacial score (nSPS) is 12.0. The summed E-state index contributed by atoms with van der Waals surface area (Å²) in [6, 6.07) is 14.2. The van der Waals surface area contributed by atoms with Crippen LogP contribution in [0.5, 0.6) is 0 Å². The molecule has 0 amide bonds. The summed E-state index contributed by atoms with van der Waals surface area (Å²) in [6.07, 6.45) is 7.15. The number of hydrogen-bond acceptors (Lipinski definition) is 4. The Labute approximate surface area is 151 Å². The summed E-state index contributed by atoms with van der Waals surface area (Å²) in [4.78, 5) is 4.54. The number of hydrogen-bond donors (Lipinski definition) is 1. The highest BCUT2D eigenvalue weighted by Gasteiger charge is 2.21. The van der Waals surface area contributed by atoms with E-state index < -0.39 is 0 Å². The van der Waals surface area contributed by atoms with Gasteiger partial charge in [-0.25, -0.2) is 9.50 Å². The summed E-state index contributed by atoms with van der Waals surface area (Å²) < 4.78 is 3.75. The first-order valence-electron chi connectivity index (χ1n) is 8.34. The monoisotopic (exact) mass is 342 g/mol. The molecule has 6 heteroatoms. The van der Waals surface area contributed by atoms with Crippen LogP contribution in [0.4, 0.5) is 5.69 Å². The Morgan fingerprint density at radius 1 is 1.19 bits per heavy atom. The first-order chi connectivity index (χ1) is 12.7. The van der Waals surface area contributed by atoms with Crippen LogP contribution in [-0.4, -0.2) is 19.2 Å². The molecule has 0 spiro atoms. The number of imidazole rings is 1. The molecular weight excluding hydrogens is 324 g/mol. The van der Waals surface area contributed by atoms with Gasteiger partial charge >= 0.3 is 0 Å². The van der Waals surface area contributed by atoms with Gasteiger partial charge in [0, 0.05) is 25.6 Å². The van der Waals surface area contributed by atoms with Gasteiger partial charge in [-0.2, -0.15) is 10.4 Å². The van der Waals surface area contributed by atoms with Crippen LogP contribution in [0.1, 0.15) is 28.6 Å². The van der Waals surface area contributed by atoms with E-state index in [2.05, 4.69) is 46.6 Å². The summed E-state index contributed by atoms with van der Waals surface area (Å²) in [5, 5.41) is 17.4. The highest BCUT2D eigenvalue weighted by atomic mass is 15.2. The Morgan fingerprint density at radius 3 is 2.81 bits per heavy atom. The molecule has 0 aliphatic carbocycles. The quantitative estimate of drug-likeness (QED) is 0.617. The summed E-state index contributed by atoms with van der Waals surface area (Å²) in [6.45, 7) is 2.07. The number of nitriles is 1. The average molecular weight is 342 g/mol. The lowest BCUT2D eigenvalue weighted by atomic mass is 10.0. The number of nitrogens with one attached hydrogen (secondary N) is 1. The number of anilines is 1. The highest BCUT2D eigenvalue weighted by molar-refractivity contribution is 5.78. The van der Waals surface area contributed by atoms with E-state index in [0.717, 1.165) is 22.6 Å². The van der Waals surface area contributed by atoms with Gasteiger partial charge < -0.3 is 9.88 Å². The van der Waals surface area contributed by atoms with Gasteiger partial charge in [-0.1, -0.05) is 29.8 Å². The summed E-state index contributed by atoms with van der Waals surface area (Å²) in [5.41, 5.74) is 4.37. The van der Waals surface area contributed by atoms with Gasteiger partial charge in [0.25, 0.3) is 0 Å². The van der Waals surface area contributed by atoms with Crippen molar-refractivity contribution in [3.63, 3.8) is 0 Å². The highest BCUT2D eigenvalue weighted by Crippen LogP contribution is 2.30. The van der Waals surface area contributed by atoms with Crippen LogP contribution in [-0.2, 0) is 7.05 Å². The third-order valence-electron chi connectivity index (χ3n) is 4.47. The molecule has 1 unspecified atom stereocenters. The molecule has 1 aromatic carbocycles. The van der Waals surface area contributed by atoms with E-state index >= 15 is 0 Å². The van der Waals surface area contributed by atoms with Gasteiger partial charge in [0.15, 0.2) is 0 Å². The number of rotatable bonds is 4. The first-order valence-corrected chi connectivity index (χ1v) is 8.34. The average Bonchev–Trinajstić information content (AvgIpc) is 3.28. The molecule has 1 atom stereocenters. The molecule has 0 aliphatic heterocycles. The fourth-order valence-electron chi connectivity index (χ4n) is 3.18. The number of benzene rings is 1. The zero-order chi connectivity index (χ0) is 18.1. The largest absolute Gasteiger partial charge is 0.369 e. The van der Waals surface area contributed by atoms with Gasteiger partial charge in [0.2, 0.25) is 0 Å². The minimum Gasteiger partial charge on any atom is -0.369 e. The zero-order valence-electron chi connectivity index (χ0n) is 14.6. The Kier molecular flexibility index (Phi) is 3.90. The zero-order valence-corrected chi connectivity index (χ0v) is 14.6. The first kappa shape index (κ1) is 15.9. The van der Waals surface area contributed by atoms with Crippen LogP contribution < -0.4 is 5.32 Å². The maximum Gasteiger partial charge on any atom is 0.135 e. The lowest BCUT2D eigenvalue weighted by Crippen LogP contribution is -2.18. The topological polar surface area (TPSA) is 70.9 Å². The van der Waals surface area contributed by atoms with E-state index in [9.17, 15) is 5.26 Å². The van der Waals surface area contributed by atoms with Crippen molar-refractivity contribution in [1.29, 1.82) is 5.26 Å². The van der Waals surface area contributed by atoms with E-state index in [1.807, 2.05) is 42.2 Å². The van der Waals surface area contributed by atoms with Crippen molar-refractivity contribution in [2.24, 2.45) is 7.05 Å². The Morgan fingerprint density at radius 2 is 2.08 bits per heavy atom. The molecule has 6 nitrogen and oxygen atoms in total. The number of aromatic nitrogens is 4. The van der Waals surface area contributed by atoms with Crippen LogP contribution in [0.25, 0.3) is 5.52 Å². The molecule has 0 aliphatic rings. The molecule has 26 heavy (non-hydrogen) atoms. The lowest BCUT2D eigenvalue weighted by Gasteiger charge is -2.22. The van der Waals surface area contributed by atoms with Crippen molar-refractivity contribution in [3.05, 3.63) is 83.7 Å². The molecule has 3 aromatic heterocycles. The standard InChI is InChI=1S/C20H18N6/c1-14-5-3-6-15(11-14)19(20-22-8-10-25(20)2)24-18-16(12-21)13-23-26-9-4-7-17(18)26/h3-11,13,19,24H,1-2H3. The van der Waals surface area contributed by atoms with Gasteiger partial charge in [0.05, 0.1) is 23.0 Å². The van der Waals surface area contributed by atoms with Gasteiger partial charge in [-0.15, -0.1) is 0 Å². The van der Waals surface area contributed by atoms with Crippen molar-refractivity contribution in [2.45, 2.75) is 13.0 Å². The molecule has 0 radical (unpaired) electrons. The molecule has 0 fully saturated rings. The minimum atomic E-state index is -0.192. The molecule has 128 valence electrons. The van der Waals surface area contributed by atoms with Crippen molar-refractivity contribution in [2.75, 3.05) is 5.32 Å². The van der Waals surface area contributed by atoms with Gasteiger partial charge in [-0.3, -0.25) is 0 Å². The Balaban J connectivity index is 1.88. The second-order valence-corrected chi connectivity index (χ2v) is 6.27. The molecular formula is C20H18N6. The second-order valence-electron chi connectivity index (χ2n) is 6.27. The number of nitrogens with zero attached hydrogens (tertiary/aromatic N) is 5. The fraction of sp³-hybridized carbons (Fsp3) is 0.150. The third-order valence-corrected chi connectivity index (χ3v) is 4.47. The fourth-order valence-corrected chi connectivity index (χ4v) is 3.18. The van der Waals surface area contributed by atoms with Crippen LogP contribution >= 0.6 is 0 Å². The molecule has 0 saturated heterocycles. The maximum absolute atomic E-state index is 9.57. The SMILES string of the molecule is Cc1cccc(C(Nc2c(C#N)cnn3cccc23)c2nccn2C)c1. The van der Waals surface area contributed by atoms with Gasteiger partial charge in [-0.05, 0) is 24.6 Å². The molecule has 4 rings (SSSR count). The second kappa shape index (κ2) is 6.37. The van der Waals surface area contributed by atoms with E-state index in [4.69, 9.17) is 0 Å². The molecule has 4 aromatic rings. The smallest absolute Gasteiger partial charge is 0.135 e. The Hall–Kier alpha value is -3.59. The van der Waals surface area contributed by atoms with Crippen molar-refractivity contribution >= 4 is 11.2 Å². The molecule has 0 saturated carbocycles. The van der Waals surface area contributed by atoms with Crippen molar-refractivity contribution < 1.29 is 0 Å². The van der Waals surface area contributed by atoms with E-state index in [-0.39, 0.29) is 6.04 Å². The van der Waals surface area contributed by atoms with Crippen molar-refractivity contribution in [1.82, 2.24) is 19.2 Å². The van der Waals surface area contributed by atoms with Crippen LogP contribution in [0.2, 0.25) is 0 Å². The van der Waals surface area contributed by atoms with Crippen LogP contribution in [0.15, 0.2) is 61.2 Å². The predicted molar refractivity (Wildman–Crippen MR) is 99.8 cm³/mol. The van der Waals surface area contributed by atoms with Crippen LogP contribution in [0.3, 0.4) is 0 Å².